The highest BCUT2D eigenvalue weighted by molar-refractivity contribution is 5.78. The topological polar surface area (TPSA) is 29.5 Å². The van der Waals surface area contributed by atoms with E-state index in [1.165, 1.54) is 11.1 Å². The summed E-state index contributed by atoms with van der Waals surface area (Å²) in [6.07, 6.45) is 3.87. The Morgan fingerprint density at radius 2 is 2.24 bits per heavy atom. The maximum absolute atomic E-state index is 11.8. The second-order valence-electron chi connectivity index (χ2n) is 4.81. The van der Waals surface area contributed by atoms with Crippen LogP contribution in [0.1, 0.15) is 36.4 Å². The number of rotatable bonds is 2. The third-order valence-corrected chi connectivity index (χ3v) is 3.89. The van der Waals surface area contributed by atoms with Crippen LogP contribution in [0, 0.1) is 0 Å². The van der Waals surface area contributed by atoms with E-state index in [1.54, 1.807) is 7.11 Å². The third-order valence-electron chi connectivity index (χ3n) is 3.89. The number of carbonyl (C=O) groups is 1. The minimum atomic E-state index is 0.287. The van der Waals surface area contributed by atoms with Gasteiger partial charge in [0.05, 0.1) is 13.2 Å². The monoisotopic (exact) mass is 231 g/mol. The van der Waals surface area contributed by atoms with Crippen LogP contribution in [0.25, 0.3) is 0 Å². The van der Waals surface area contributed by atoms with Crippen LogP contribution in [0.4, 0.5) is 0 Å². The van der Waals surface area contributed by atoms with Gasteiger partial charge in [0.1, 0.15) is 5.75 Å². The van der Waals surface area contributed by atoms with Crippen LogP contribution in [-0.2, 0) is 11.2 Å². The number of amides is 1. The highest BCUT2D eigenvalue weighted by Gasteiger charge is 2.33. The molecule has 0 bridgehead atoms. The van der Waals surface area contributed by atoms with Gasteiger partial charge in [-0.2, -0.15) is 0 Å². The first-order valence-corrected chi connectivity index (χ1v) is 6.26. The number of ether oxygens (including phenoxy) is 1. The van der Waals surface area contributed by atoms with E-state index in [9.17, 15) is 4.79 Å². The van der Waals surface area contributed by atoms with Crippen molar-refractivity contribution in [3.63, 3.8) is 0 Å². The van der Waals surface area contributed by atoms with Crippen molar-refractivity contribution in [2.24, 2.45) is 0 Å². The minimum absolute atomic E-state index is 0.287. The van der Waals surface area contributed by atoms with Crippen molar-refractivity contribution < 1.29 is 9.53 Å². The Bertz CT molecular complexity index is 456. The van der Waals surface area contributed by atoms with Gasteiger partial charge in [-0.3, -0.25) is 4.79 Å². The second kappa shape index (κ2) is 4.06. The van der Waals surface area contributed by atoms with Crippen LogP contribution in [0.3, 0.4) is 0 Å². The molecule has 1 aromatic rings. The highest BCUT2D eigenvalue weighted by atomic mass is 16.5. The fraction of sp³-hybridized carbons (Fsp3) is 0.500. The Morgan fingerprint density at radius 1 is 1.35 bits per heavy atom. The van der Waals surface area contributed by atoms with Crippen molar-refractivity contribution in [2.45, 2.75) is 31.7 Å². The zero-order chi connectivity index (χ0) is 11.8. The lowest BCUT2D eigenvalue weighted by molar-refractivity contribution is -0.129. The fourth-order valence-corrected chi connectivity index (χ4v) is 3.01. The molecule has 0 aromatic heterocycles. The van der Waals surface area contributed by atoms with Crippen molar-refractivity contribution in [1.29, 1.82) is 0 Å². The molecule has 3 heteroatoms. The molecule has 1 heterocycles. The lowest BCUT2D eigenvalue weighted by atomic mass is 10.1. The maximum Gasteiger partial charge on any atom is 0.223 e. The molecular formula is C14H17NO2. The summed E-state index contributed by atoms with van der Waals surface area (Å²) in [6, 6.07) is 6.52. The number of fused-ring (bicyclic) bond motifs is 1. The van der Waals surface area contributed by atoms with Gasteiger partial charge in [0.25, 0.3) is 0 Å². The van der Waals surface area contributed by atoms with Gasteiger partial charge in [0.15, 0.2) is 0 Å². The molecule has 90 valence electrons. The number of hydrogen-bond acceptors (Lipinski definition) is 2. The van der Waals surface area contributed by atoms with Gasteiger partial charge in [-0.05, 0) is 42.5 Å². The molecule has 0 saturated carbocycles. The van der Waals surface area contributed by atoms with E-state index in [0.29, 0.717) is 5.91 Å². The minimum Gasteiger partial charge on any atom is -0.497 e. The highest BCUT2D eigenvalue weighted by Crippen LogP contribution is 2.39. The third kappa shape index (κ3) is 1.70. The Hall–Kier alpha value is -1.51. The second-order valence-corrected chi connectivity index (χ2v) is 4.81. The molecule has 0 N–H and O–H groups in total. The SMILES string of the molecule is COc1ccc2c(c1)[C@@H](N1CCCC1=O)CC2. The average Bonchev–Trinajstić information content (AvgIpc) is 2.94. The van der Waals surface area contributed by atoms with Crippen molar-refractivity contribution >= 4 is 5.91 Å². The van der Waals surface area contributed by atoms with E-state index in [2.05, 4.69) is 12.1 Å². The van der Waals surface area contributed by atoms with E-state index in [0.717, 1.165) is 38.0 Å². The van der Waals surface area contributed by atoms with Gasteiger partial charge >= 0.3 is 0 Å². The molecule has 1 amide bonds. The molecule has 0 radical (unpaired) electrons. The van der Waals surface area contributed by atoms with E-state index in [4.69, 9.17) is 4.74 Å². The van der Waals surface area contributed by atoms with Gasteiger partial charge in [-0.25, -0.2) is 0 Å². The summed E-state index contributed by atoms with van der Waals surface area (Å²) < 4.78 is 5.27. The molecular weight excluding hydrogens is 214 g/mol. The lowest BCUT2D eigenvalue weighted by Gasteiger charge is -2.24. The first kappa shape index (κ1) is 10.6. The summed E-state index contributed by atoms with van der Waals surface area (Å²) in [4.78, 5) is 13.9. The van der Waals surface area contributed by atoms with Gasteiger partial charge in [-0.1, -0.05) is 6.07 Å². The summed E-state index contributed by atoms with van der Waals surface area (Å²) >= 11 is 0. The van der Waals surface area contributed by atoms with Crippen LogP contribution in [0.15, 0.2) is 18.2 Å². The largest absolute Gasteiger partial charge is 0.497 e. The molecule has 2 aliphatic rings. The van der Waals surface area contributed by atoms with Crippen LogP contribution in [0.5, 0.6) is 5.75 Å². The van der Waals surface area contributed by atoms with Gasteiger partial charge in [-0.15, -0.1) is 0 Å². The standard InChI is InChI=1S/C14H17NO2/c1-17-11-6-4-10-5-7-13(12(10)9-11)15-8-2-3-14(15)16/h4,6,9,13H,2-3,5,7-8H2,1H3/t13-/m0/s1. The molecule has 1 aliphatic carbocycles. The number of hydrogen-bond donors (Lipinski definition) is 0. The average molecular weight is 231 g/mol. The molecule has 1 saturated heterocycles. The van der Waals surface area contributed by atoms with E-state index >= 15 is 0 Å². The molecule has 3 rings (SSSR count). The fourth-order valence-electron chi connectivity index (χ4n) is 3.01. The van der Waals surface area contributed by atoms with Crippen LogP contribution in [0.2, 0.25) is 0 Å². The van der Waals surface area contributed by atoms with Crippen molar-refractivity contribution in [1.82, 2.24) is 4.90 Å². The number of aryl methyl sites for hydroxylation is 1. The van der Waals surface area contributed by atoms with Crippen molar-refractivity contribution in [3.8, 4) is 5.75 Å². The Labute approximate surface area is 101 Å². The maximum atomic E-state index is 11.8. The van der Waals surface area contributed by atoms with E-state index in [1.807, 2.05) is 11.0 Å². The van der Waals surface area contributed by atoms with Crippen LogP contribution < -0.4 is 4.74 Å². The molecule has 1 aliphatic heterocycles. The zero-order valence-electron chi connectivity index (χ0n) is 10.1. The smallest absolute Gasteiger partial charge is 0.223 e. The van der Waals surface area contributed by atoms with Gasteiger partial charge < -0.3 is 9.64 Å². The predicted molar refractivity (Wildman–Crippen MR) is 65.0 cm³/mol. The normalized spacial score (nSPS) is 23.0. The number of nitrogens with zero attached hydrogens (tertiary/aromatic N) is 1. The van der Waals surface area contributed by atoms with Gasteiger partial charge in [0, 0.05) is 13.0 Å². The summed E-state index contributed by atoms with van der Waals surface area (Å²) in [5, 5.41) is 0. The number of benzene rings is 1. The predicted octanol–water partition coefficient (Wildman–Crippen LogP) is 2.30. The first-order valence-electron chi connectivity index (χ1n) is 6.26. The number of methoxy groups -OCH3 is 1. The number of likely N-dealkylation sites (tertiary alicyclic amines) is 1. The quantitative estimate of drug-likeness (QED) is 0.781. The molecule has 1 aromatic carbocycles. The molecule has 17 heavy (non-hydrogen) atoms. The Morgan fingerprint density at radius 3 is 2.94 bits per heavy atom. The molecule has 3 nitrogen and oxygen atoms in total. The van der Waals surface area contributed by atoms with Crippen molar-refractivity contribution in [2.75, 3.05) is 13.7 Å². The zero-order valence-corrected chi connectivity index (χ0v) is 10.1. The Kier molecular flexibility index (Phi) is 2.54. The van der Waals surface area contributed by atoms with Crippen LogP contribution >= 0.6 is 0 Å². The Balaban J connectivity index is 1.94. The van der Waals surface area contributed by atoms with Crippen LogP contribution in [-0.4, -0.2) is 24.5 Å². The van der Waals surface area contributed by atoms with Gasteiger partial charge in [0.2, 0.25) is 5.91 Å². The lowest BCUT2D eigenvalue weighted by Crippen LogP contribution is -2.28. The van der Waals surface area contributed by atoms with E-state index in [-0.39, 0.29) is 6.04 Å². The number of carbonyl (C=O) groups excluding carboxylic acids is 1. The molecule has 0 spiro atoms. The molecule has 1 atom stereocenters. The summed E-state index contributed by atoms with van der Waals surface area (Å²) in [5.41, 5.74) is 2.66. The van der Waals surface area contributed by atoms with E-state index < -0.39 is 0 Å². The molecule has 0 unspecified atom stereocenters. The first-order chi connectivity index (χ1) is 8.29. The van der Waals surface area contributed by atoms with Crippen molar-refractivity contribution in [3.05, 3.63) is 29.3 Å². The summed E-state index contributed by atoms with van der Waals surface area (Å²) in [6.45, 7) is 0.917. The summed E-state index contributed by atoms with van der Waals surface area (Å²) in [5.74, 6) is 1.20. The summed E-state index contributed by atoms with van der Waals surface area (Å²) in [7, 11) is 1.69. The molecule has 1 fully saturated rings.